The van der Waals surface area contributed by atoms with Crippen molar-refractivity contribution < 1.29 is 0 Å². The molecule has 0 saturated heterocycles. The second kappa shape index (κ2) is 4.78. The van der Waals surface area contributed by atoms with Gasteiger partial charge in [0, 0.05) is 4.88 Å². The molecule has 0 N–H and O–H groups in total. The van der Waals surface area contributed by atoms with Crippen molar-refractivity contribution in [2.75, 3.05) is 0 Å². The van der Waals surface area contributed by atoms with Gasteiger partial charge in [-0.25, -0.2) is 0 Å². The Morgan fingerprint density at radius 3 is 3.00 bits per heavy atom. The summed E-state index contributed by atoms with van der Waals surface area (Å²) in [4.78, 5) is 1.35. The smallest absolute Gasteiger partial charge is 0.0570 e. The van der Waals surface area contributed by atoms with Crippen LogP contribution in [0.3, 0.4) is 0 Å². The minimum Gasteiger partial charge on any atom is -0.147 e. The van der Waals surface area contributed by atoms with Crippen LogP contribution in [-0.2, 0) is 12.3 Å². The van der Waals surface area contributed by atoms with Gasteiger partial charge >= 0.3 is 0 Å². The lowest BCUT2D eigenvalue weighted by Gasteiger charge is -1.97. The summed E-state index contributed by atoms with van der Waals surface area (Å²) >= 11 is 7.53. The fraction of sp³-hybridized carbons (Fsp3) is 0.556. The van der Waals surface area contributed by atoms with Crippen LogP contribution in [0.4, 0.5) is 0 Å². The number of rotatable bonds is 4. The van der Waals surface area contributed by atoms with Crippen molar-refractivity contribution in [2.24, 2.45) is 0 Å². The summed E-state index contributed by atoms with van der Waals surface area (Å²) in [5.41, 5.74) is 1.45. The summed E-state index contributed by atoms with van der Waals surface area (Å²) in [7, 11) is 0. The van der Waals surface area contributed by atoms with Gasteiger partial charge in [-0.15, -0.1) is 22.9 Å². The lowest BCUT2D eigenvalue weighted by atomic mass is 10.1. The van der Waals surface area contributed by atoms with Crippen LogP contribution in [0.5, 0.6) is 0 Å². The van der Waals surface area contributed by atoms with Gasteiger partial charge in [-0.1, -0.05) is 13.3 Å². The van der Waals surface area contributed by atoms with Crippen LogP contribution in [0.1, 0.15) is 30.2 Å². The van der Waals surface area contributed by atoms with E-state index in [1.165, 1.54) is 29.7 Å². The molecule has 0 aromatic carbocycles. The van der Waals surface area contributed by atoms with E-state index in [0.717, 1.165) is 0 Å². The van der Waals surface area contributed by atoms with Gasteiger partial charge in [0.05, 0.1) is 5.88 Å². The Balaban J connectivity index is 2.54. The highest BCUT2D eigenvalue weighted by Gasteiger charge is 2.00. The maximum absolute atomic E-state index is 5.76. The van der Waals surface area contributed by atoms with Gasteiger partial charge in [-0.3, -0.25) is 0 Å². The Hall–Kier alpha value is -0.0100. The first-order valence-electron chi connectivity index (χ1n) is 3.99. The number of hydrogen-bond donors (Lipinski definition) is 0. The zero-order chi connectivity index (χ0) is 8.10. The van der Waals surface area contributed by atoms with E-state index >= 15 is 0 Å². The van der Waals surface area contributed by atoms with Crippen LogP contribution < -0.4 is 0 Å². The third-order valence-electron chi connectivity index (χ3n) is 1.76. The first-order valence-corrected chi connectivity index (χ1v) is 5.41. The van der Waals surface area contributed by atoms with Crippen molar-refractivity contribution >= 4 is 22.9 Å². The molecule has 2 heteroatoms. The van der Waals surface area contributed by atoms with E-state index in [4.69, 9.17) is 11.6 Å². The molecule has 1 rings (SSSR count). The molecule has 1 aromatic heterocycles. The second-order valence-electron chi connectivity index (χ2n) is 2.61. The molecule has 0 unspecified atom stereocenters. The molecule has 0 atom stereocenters. The number of alkyl halides is 1. The highest BCUT2D eigenvalue weighted by molar-refractivity contribution is 7.10. The van der Waals surface area contributed by atoms with Crippen LogP contribution in [0.2, 0.25) is 0 Å². The van der Waals surface area contributed by atoms with Gasteiger partial charge in [0.2, 0.25) is 0 Å². The molecule has 0 nitrogen and oxygen atoms in total. The lowest BCUT2D eigenvalue weighted by molar-refractivity contribution is 0.794. The molecule has 11 heavy (non-hydrogen) atoms. The Kier molecular flexibility index (Phi) is 3.95. The van der Waals surface area contributed by atoms with E-state index in [0.29, 0.717) is 5.88 Å². The first-order chi connectivity index (χ1) is 5.38. The van der Waals surface area contributed by atoms with Crippen LogP contribution in [0.25, 0.3) is 0 Å². The van der Waals surface area contributed by atoms with Crippen molar-refractivity contribution in [3.8, 4) is 0 Å². The highest BCUT2D eigenvalue weighted by atomic mass is 35.5. The molecule has 62 valence electrons. The van der Waals surface area contributed by atoms with Crippen molar-refractivity contribution in [1.82, 2.24) is 0 Å². The average molecular weight is 189 g/mol. The summed E-state index contributed by atoms with van der Waals surface area (Å²) in [5, 5.41) is 2.13. The highest BCUT2D eigenvalue weighted by Crippen LogP contribution is 2.20. The molecule has 0 saturated carbocycles. The van der Waals surface area contributed by atoms with Gasteiger partial charge in [0.1, 0.15) is 0 Å². The van der Waals surface area contributed by atoms with Crippen LogP contribution in [-0.4, -0.2) is 0 Å². The monoisotopic (exact) mass is 188 g/mol. The predicted molar refractivity (Wildman–Crippen MR) is 52.5 cm³/mol. The number of thiophene rings is 1. The van der Waals surface area contributed by atoms with Crippen LogP contribution in [0, 0.1) is 0 Å². The molecule has 0 bridgehead atoms. The minimum atomic E-state index is 0.677. The third-order valence-corrected chi connectivity index (χ3v) is 3.15. The number of unbranched alkanes of at least 4 members (excludes halogenated alkanes) is 1. The van der Waals surface area contributed by atoms with Crippen molar-refractivity contribution in [3.63, 3.8) is 0 Å². The van der Waals surface area contributed by atoms with Gasteiger partial charge in [-0.05, 0) is 29.9 Å². The molecule has 1 heterocycles. The van der Waals surface area contributed by atoms with Gasteiger partial charge in [0.25, 0.3) is 0 Å². The van der Waals surface area contributed by atoms with E-state index < -0.39 is 0 Å². The fourth-order valence-corrected chi connectivity index (χ4v) is 2.22. The van der Waals surface area contributed by atoms with Crippen molar-refractivity contribution in [3.05, 3.63) is 21.9 Å². The molecule has 0 aliphatic carbocycles. The largest absolute Gasteiger partial charge is 0.147 e. The maximum atomic E-state index is 5.76. The lowest BCUT2D eigenvalue weighted by Crippen LogP contribution is -1.84. The number of aryl methyl sites for hydroxylation is 1. The molecule has 0 amide bonds. The van der Waals surface area contributed by atoms with E-state index in [1.807, 2.05) is 0 Å². The average Bonchev–Trinajstić information content (AvgIpc) is 2.47. The van der Waals surface area contributed by atoms with Crippen LogP contribution in [0.15, 0.2) is 11.4 Å². The fourth-order valence-electron chi connectivity index (χ4n) is 1.07. The van der Waals surface area contributed by atoms with E-state index in [-0.39, 0.29) is 0 Å². The summed E-state index contributed by atoms with van der Waals surface area (Å²) in [6.45, 7) is 2.22. The Bertz CT molecular complexity index is 205. The molecule has 0 aliphatic rings. The second-order valence-corrected chi connectivity index (χ2v) is 3.87. The minimum absolute atomic E-state index is 0.677. The van der Waals surface area contributed by atoms with Gasteiger partial charge in [-0.2, -0.15) is 0 Å². The molecule has 0 aliphatic heterocycles. The molecule has 1 aromatic rings. The molecular weight excluding hydrogens is 176 g/mol. The summed E-state index contributed by atoms with van der Waals surface area (Å²) in [6.07, 6.45) is 3.74. The van der Waals surface area contributed by atoms with E-state index in [9.17, 15) is 0 Å². The van der Waals surface area contributed by atoms with Gasteiger partial charge < -0.3 is 0 Å². The molecular formula is C9H13ClS. The Morgan fingerprint density at radius 2 is 2.36 bits per heavy atom. The van der Waals surface area contributed by atoms with Crippen molar-refractivity contribution in [1.29, 1.82) is 0 Å². The summed E-state index contributed by atoms with van der Waals surface area (Å²) in [5.74, 6) is 0.677. The molecule has 0 spiro atoms. The number of hydrogen-bond acceptors (Lipinski definition) is 1. The third kappa shape index (κ3) is 2.49. The standard InChI is InChI=1S/C9H13ClS/c1-2-3-4-8-5-6-11-9(8)7-10/h5-6H,2-4,7H2,1H3. The van der Waals surface area contributed by atoms with Crippen LogP contribution >= 0.6 is 22.9 Å². The van der Waals surface area contributed by atoms with Crippen molar-refractivity contribution in [2.45, 2.75) is 32.1 Å². The SMILES string of the molecule is CCCCc1ccsc1CCl. The van der Waals surface area contributed by atoms with Gasteiger partial charge in [0.15, 0.2) is 0 Å². The maximum Gasteiger partial charge on any atom is 0.0570 e. The van der Waals surface area contributed by atoms with E-state index in [2.05, 4.69) is 18.4 Å². The zero-order valence-corrected chi connectivity index (χ0v) is 8.34. The Labute approximate surface area is 77.2 Å². The summed E-state index contributed by atoms with van der Waals surface area (Å²) < 4.78 is 0. The van der Waals surface area contributed by atoms with E-state index in [1.54, 1.807) is 11.3 Å². The molecule has 0 radical (unpaired) electrons. The zero-order valence-electron chi connectivity index (χ0n) is 6.77. The predicted octanol–water partition coefficient (Wildman–Crippen LogP) is 3.83. The number of halogens is 1. The quantitative estimate of drug-likeness (QED) is 0.631. The normalized spacial score (nSPS) is 10.4. The first kappa shape index (κ1) is 9.08. The molecule has 0 fully saturated rings. The topological polar surface area (TPSA) is 0 Å². The summed E-state index contributed by atoms with van der Waals surface area (Å²) in [6, 6.07) is 2.19. The Morgan fingerprint density at radius 1 is 1.55 bits per heavy atom.